The number of methoxy groups -OCH3 is 1. The van der Waals surface area contributed by atoms with Gasteiger partial charge in [-0.1, -0.05) is 0 Å². The number of likely N-dealkylation sites (N-methyl/N-ethyl adjacent to an activating group) is 1. The molecule has 14 heavy (non-hydrogen) atoms. The highest BCUT2D eigenvalue weighted by atomic mass is 16.5. The van der Waals surface area contributed by atoms with E-state index < -0.39 is 0 Å². The Morgan fingerprint density at radius 2 is 2.07 bits per heavy atom. The quantitative estimate of drug-likeness (QED) is 0.717. The average Bonchev–Trinajstić information content (AvgIpc) is 2.90. The van der Waals surface area contributed by atoms with Crippen molar-refractivity contribution in [2.75, 3.05) is 27.4 Å². The van der Waals surface area contributed by atoms with Crippen molar-refractivity contribution in [1.29, 1.82) is 0 Å². The second-order valence-corrected chi connectivity index (χ2v) is 4.48. The van der Waals surface area contributed by atoms with Gasteiger partial charge in [-0.25, -0.2) is 0 Å². The second kappa shape index (κ2) is 4.60. The van der Waals surface area contributed by atoms with Crippen LogP contribution in [0.3, 0.4) is 0 Å². The molecule has 1 saturated carbocycles. The van der Waals surface area contributed by atoms with Crippen molar-refractivity contribution in [3.05, 3.63) is 0 Å². The van der Waals surface area contributed by atoms with E-state index in [1.165, 1.54) is 19.3 Å². The fourth-order valence-corrected chi connectivity index (χ4v) is 2.56. The maximum Gasteiger partial charge on any atom is 0.0755 e. The van der Waals surface area contributed by atoms with E-state index in [1.807, 2.05) is 14.2 Å². The number of rotatable bonds is 5. The van der Waals surface area contributed by atoms with Crippen LogP contribution >= 0.6 is 0 Å². The van der Waals surface area contributed by atoms with Crippen molar-refractivity contribution < 1.29 is 9.47 Å². The Balaban J connectivity index is 1.94. The number of ether oxygens (including phenoxy) is 2. The van der Waals surface area contributed by atoms with Crippen LogP contribution in [0.5, 0.6) is 0 Å². The molecule has 0 bridgehead atoms. The van der Waals surface area contributed by atoms with Gasteiger partial charge >= 0.3 is 0 Å². The van der Waals surface area contributed by atoms with Gasteiger partial charge in [-0.15, -0.1) is 0 Å². The summed E-state index contributed by atoms with van der Waals surface area (Å²) >= 11 is 0. The van der Waals surface area contributed by atoms with Crippen molar-refractivity contribution in [3.8, 4) is 0 Å². The van der Waals surface area contributed by atoms with Crippen LogP contribution in [0.15, 0.2) is 0 Å². The summed E-state index contributed by atoms with van der Waals surface area (Å²) in [6.07, 6.45) is 4.25. The van der Waals surface area contributed by atoms with Gasteiger partial charge in [0, 0.05) is 25.7 Å². The number of hydrogen-bond acceptors (Lipinski definition) is 3. The van der Waals surface area contributed by atoms with E-state index in [1.54, 1.807) is 0 Å². The van der Waals surface area contributed by atoms with Gasteiger partial charge < -0.3 is 14.8 Å². The minimum absolute atomic E-state index is 0.395. The lowest BCUT2D eigenvalue weighted by Crippen LogP contribution is -2.46. The van der Waals surface area contributed by atoms with E-state index >= 15 is 0 Å². The monoisotopic (exact) mass is 199 g/mol. The van der Waals surface area contributed by atoms with Crippen LogP contribution in [-0.2, 0) is 9.47 Å². The molecule has 1 aliphatic carbocycles. The molecule has 3 unspecified atom stereocenters. The van der Waals surface area contributed by atoms with E-state index in [-0.39, 0.29) is 0 Å². The predicted molar refractivity (Wildman–Crippen MR) is 55.3 cm³/mol. The van der Waals surface area contributed by atoms with Crippen LogP contribution in [0.4, 0.5) is 0 Å². The largest absolute Gasteiger partial charge is 0.381 e. The molecule has 1 N–H and O–H groups in total. The van der Waals surface area contributed by atoms with Gasteiger partial charge in [-0.05, 0) is 32.2 Å². The molecule has 2 rings (SSSR count). The van der Waals surface area contributed by atoms with Gasteiger partial charge in [0.15, 0.2) is 0 Å². The van der Waals surface area contributed by atoms with Crippen LogP contribution in [0, 0.1) is 11.8 Å². The van der Waals surface area contributed by atoms with E-state index in [4.69, 9.17) is 9.47 Å². The molecule has 0 spiro atoms. The fourth-order valence-electron chi connectivity index (χ4n) is 2.56. The van der Waals surface area contributed by atoms with E-state index in [0.29, 0.717) is 18.1 Å². The topological polar surface area (TPSA) is 30.5 Å². The molecule has 82 valence electrons. The molecule has 0 aromatic heterocycles. The van der Waals surface area contributed by atoms with Crippen LogP contribution in [-0.4, -0.2) is 39.5 Å². The first kappa shape index (κ1) is 10.4. The maximum atomic E-state index is 5.62. The maximum absolute atomic E-state index is 5.62. The molecule has 0 radical (unpaired) electrons. The molecule has 3 nitrogen and oxygen atoms in total. The van der Waals surface area contributed by atoms with Gasteiger partial charge in [0.2, 0.25) is 0 Å². The van der Waals surface area contributed by atoms with Gasteiger partial charge in [-0.3, -0.25) is 0 Å². The third-order valence-corrected chi connectivity index (χ3v) is 3.52. The summed E-state index contributed by atoms with van der Waals surface area (Å²) in [4.78, 5) is 0. The number of hydrogen-bond donors (Lipinski definition) is 1. The zero-order chi connectivity index (χ0) is 9.97. The molecule has 0 aromatic carbocycles. The van der Waals surface area contributed by atoms with Crippen LogP contribution in [0.2, 0.25) is 0 Å². The fraction of sp³-hybridized carbons (Fsp3) is 1.00. The van der Waals surface area contributed by atoms with Crippen molar-refractivity contribution in [2.45, 2.75) is 31.4 Å². The Hall–Kier alpha value is -0.120. The summed E-state index contributed by atoms with van der Waals surface area (Å²) in [5.41, 5.74) is 0. The lowest BCUT2D eigenvalue weighted by atomic mass is 9.92. The summed E-state index contributed by atoms with van der Waals surface area (Å²) < 4.78 is 11.1. The van der Waals surface area contributed by atoms with Crippen molar-refractivity contribution >= 4 is 0 Å². The molecular formula is C11H21NO2. The standard InChI is InChI=1S/C11H21NO2/c1-12-10(9-5-6-14-7-9)11(13-2)8-3-4-8/h8-12H,3-7H2,1-2H3. The molecule has 0 amide bonds. The van der Waals surface area contributed by atoms with Crippen LogP contribution in [0.25, 0.3) is 0 Å². The van der Waals surface area contributed by atoms with Gasteiger partial charge in [0.1, 0.15) is 0 Å². The van der Waals surface area contributed by atoms with Gasteiger partial charge in [0.05, 0.1) is 12.7 Å². The lowest BCUT2D eigenvalue weighted by Gasteiger charge is -2.29. The third kappa shape index (κ3) is 2.10. The van der Waals surface area contributed by atoms with E-state index in [9.17, 15) is 0 Å². The molecule has 3 heteroatoms. The van der Waals surface area contributed by atoms with Crippen molar-refractivity contribution in [3.63, 3.8) is 0 Å². The van der Waals surface area contributed by atoms with Crippen molar-refractivity contribution in [1.82, 2.24) is 5.32 Å². The van der Waals surface area contributed by atoms with Gasteiger partial charge in [-0.2, -0.15) is 0 Å². The number of nitrogens with one attached hydrogen (secondary N) is 1. The predicted octanol–water partition coefficient (Wildman–Crippen LogP) is 1.04. The summed E-state index contributed by atoms with van der Waals surface area (Å²) in [7, 11) is 3.88. The Bertz CT molecular complexity index is 176. The average molecular weight is 199 g/mol. The molecule has 2 fully saturated rings. The van der Waals surface area contributed by atoms with Crippen LogP contribution < -0.4 is 5.32 Å². The highest BCUT2D eigenvalue weighted by molar-refractivity contribution is 4.93. The normalized spacial score (nSPS) is 31.7. The Labute approximate surface area is 86.2 Å². The molecular weight excluding hydrogens is 178 g/mol. The first-order chi connectivity index (χ1) is 6.86. The smallest absolute Gasteiger partial charge is 0.0755 e. The highest BCUT2D eigenvalue weighted by Gasteiger charge is 2.40. The van der Waals surface area contributed by atoms with Crippen molar-refractivity contribution in [2.24, 2.45) is 11.8 Å². The zero-order valence-corrected chi connectivity index (χ0v) is 9.16. The molecule has 3 atom stereocenters. The SMILES string of the molecule is CNC(C1CCOC1)C(OC)C1CC1. The third-order valence-electron chi connectivity index (χ3n) is 3.52. The Kier molecular flexibility index (Phi) is 3.42. The summed E-state index contributed by atoms with van der Waals surface area (Å²) in [5.74, 6) is 1.43. The Morgan fingerprint density at radius 3 is 2.50 bits per heavy atom. The lowest BCUT2D eigenvalue weighted by molar-refractivity contribution is 0.0312. The molecule has 1 saturated heterocycles. The highest BCUT2D eigenvalue weighted by Crippen LogP contribution is 2.38. The van der Waals surface area contributed by atoms with Gasteiger partial charge in [0.25, 0.3) is 0 Å². The minimum atomic E-state index is 0.395. The second-order valence-electron chi connectivity index (χ2n) is 4.48. The van der Waals surface area contributed by atoms with Crippen LogP contribution in [0.1, 0.15) is 19.3 Å². The van der Waals surface area contributed by atoms with E-state index in [0.717, 1.165) is 19.1 Å². The zero-order valence-electron chi connectivity index (χ0n) is 9.16. The molecule has 0 aromatic rings. The minimum Gasteiger partial charge on any atom is -0.381 e. The summed E-state index contributed by atoms with van der Waals surface area (Å²) in [6, 6.07) is 0.481. The molecule has 2 aliphatic rings. The summed E-state index contributed by atoms with van der Waals surface area (Å²) in [5, 5.41) is 3.41. The molecule has 1 heterocycles. The van der Waals surface area contributed by atoms with E-state index in [2.05, 4.69) is 5.32 Å². The first-order valence-corrected chi connectivity index (χ1v) is 5.64. The molecule has 1 aliphatic heterocycles. The Morgan fingerprint density at radius 1 is 1.29 bits per heavy atom. The first-order valence-electron chi connectivity index (χ1n) is 5.64. The summed E-state index contributed by atoms with van der Waals surface area (Å²) in [6.45, 7) is 1.82.